The summed E-state index contributed by atoms with van der Waals surface area (Å²) in [5.74, 6) is -0.975. The number of aliphatic hydroxyl groups is 1. The number of carbonyl (C=O) groups is 2. The zero-order valence-electron chi connectivity index (χ0n) is 19.7. The van der Waals surface area contributed by atoms with E-state index in [1.54, 1.807) is 38.3 Å². The fraction of sp³-hybridized carbons (Fsp3) is 0.214. The molecule has 0 saturated carbocycles. The van der Waals surface area contributed by atoms with Gasteiger partial charge in [0.15, 0.2) is 0 Å². The number of aryl methyl sites for hydroxylation is 1. The van der Waals surface area contributed by atoms with Gasteiger partial charge in [0.25, 0.3) is 11.7 Å². The molecular formula is C28H26FNO5. The van der Waals surface area contributed by atoms with Gasteiger partial charge in [0.1, 0.15) is 23.1 Å². The molecule has 1 amide bonds. The van der Waals surface area contributed by atoms with Gasteiger partial charge in [0, 0.05) is 12.1 Å². The highest BCUT2D eigenvalue weighted by Crippen LogP contribution is 2.40. The number of ether oxygens (including phenoxy) is 2. The Bertz CT molecular complexity index is 1300. The predicted octanol–water partition coefficient (Wildman–Crippen LogP) is 4.82. The predicted molar refractivity (Wildman–Crippen MR) is 130 cm³/mol. The maximum absolute atomic E-state index is 13.8. The zero-order valence-corrected chi connectivity index (χ0v) is 19.7. The molecule has 3 aromatic carbocycles. The number of carbonyl (C=O) groups excluding carboxylic acids is 2. The zero-order chi connectivity index (χ0) is 25.1. The van der Waals surface area contributed by atoms with Crippen LogP contribution in [0.3, 0.4) is 0 Å². The summed E-state index contributed by atoms with van der Waals surface area (Å²) in [5.41, 5.74) is 2.14. The first kappa shape index (κ1) is 24.0. The summed E-state index contributed by atoms with van der Waals surface area (Å²) < 4.78 is 24.4. The molecule has 1 aliphatic rings. The van der Waals surface area contributed by atoms with Crippen molar-refractivity contribution in [2.75, 3.05) is 20.8 Å². The number of methoxy groups -OCH3 is 2. The van der Waals surface area contributed by atoms with E-state index in [0.717, 1.165) is 11.3 Å². The largest absolute Gasteiger partial charge is 0.507 e. The summed E-state index contributed by atoms with van der Waals surface area (Å²) >= 11 is 0. The Hall–Kier alpha value is -4.13. The monoisotopic (exact) mass is 475 g/mol. The molecule has 4 rings (SSSR count). The van der Waals surface area contributed by atoms with Crippen LogP contribution in [0.25, 0.3) is 5.76 Å². The maximum Gasteiger partial charge on any atom is 0.295 e. The third-order valence-electron chi connectivity index (χ3n) is 6.18. The summed E-state index contributed by atoms with van der Waals surface area (Å²) in [6.45, 7) is 1.82. The SMILES string of the molecule is COc1ccc(CCN2C(=O)C(=O)/C(=C(\O)c3ccc(F)c(C)c3)C2c2cccc(OC)c2)cc1. The second kappa shape index (κ2) is 10.0. The molecule has 1 N–H and O–H groups in total. The number of amides is 1. The second-order valence-corrected chi connectivity index (χ2v) is 8.33. The molecule has 0 spiro atoms. The molecule has 1 saturated heterocycles. The first-order valence-electron chi connectivity index (χ1n) is 11.2. The number of aliphatic hydroxyl groups excluding tert-OH is 1. The standard InChI is InChI=1S/C28H26FNO5/c1-17-15-20(9-12-23(17)29)26(31)24-25(19-5-4-6-22(16-19)35-3)30(28(33)27(24)32)14-13-18-7-10-21(34-2)11-8-18/h4-12,15-16,25,31H,13-14H2,1-3H3/b26-24-. The van der Waals surface area contributed by atoms with Gasteiger partial charge in [-0.05, 0) is 72.5 Å². The van der Waals surface area contributed by atoms with Gasteiger partial charge in [-0.15, -0.1) is 0 Å². The molecule has 0 aliphatic carbocycles. The molecule has 180 valence electrons. The van der Waals surface area contributed by atoms with E-state index in [0.29, 0.717) is 23.3 Å². The normalized spacial score (nSPS) is 17.0. The highest BCUT2D eigenvalue weighted by Gasteiger charge is 2.46. The van der Waals surface area contributed by atoms with Gasteiger partial charge in [0.05, 0.1) is 25.8 Å². The number of benzene rings is 3. The number of hydrogen-bond donors (Lipinski definition) is 1. The first-order valence-corrected chi connectivity index (χ1v) is 11.2. The molecule has 35 heavy (non-hydrogen) atoms. The number of ketones is 1. The lowest BCUT2D eigenvalue weighted by Crippen LogP contribution is -2.31. The Morgan fingerprint density at radius 3 is 2.34 bits per heavy atom. The van der Waals surface area contributed by atoms with Crippen LogP contribution in [0.2, 0.25) is 0 Å². The first-order chi connectivity index (χ1) is 16.8. The van der Waals surface area contributed by atoms with Gasteiger partial charge in [0.2, 0.25) is 0 Å². The van der Waals surface area contributed by atoms with Crippen LogP contribution in [-0.2, 0) is 16.0 Å². The molecule has 1 unspecified atom stereocenters. The molecule has 0 radical (unpaired) electrons. The fourth-order valence-electron chi connectivity index (χ4n) is 4.26. The lowest BCUT2D eigenvalue weighted by molar-refractivity contribution is -0.139. The van der Waals surface area contributed by atoms with Crippen LogP contribution in [0.4, 0.5) is 4.39 Å². The fourth-order valence-corrected chi connectivity index (χ4v) is 4.26. The van der Waals surface area contributed by atoms with Crippen LogP contribution >= 0.6 is 0 Å². The van der Waals surface area contributed by atoms with E-state index in [1.807, 2.05) is 24.3 Å². The quantitative estimate of drug-likeness (QED) is 0.301. The average Bonchev–Trinajstić information content (AvgIpc) is 3.13. The molecule has 3 aromatic rings. The van der Waals surface area contributed by atoms with Crippen molar-refractivity contribution in [1.29, 1.82) is 0 Å². The van der Waals surface area contributed by atoms with Crippen molar-refractivity contribution in [1.82, 2.24) is 4.90 Å². The van der Waals surface area contributed by atoms with Crippen LogP contribution in [0.5, 0.6) is 11.5 Å². The number of rotatable bonds is 7. The van der Waals surface area contributed by atoms with Gasteiger partial charge in [-0.1, -0.05) is 24.3 Å². The topological polar surface area (TPSA) is 76.1 Å². The second-order valence-electron chi connectivity index (χ2n) is 8.33. The third-order valence-corrected chi connectivity index (χ3v) is 6.18. The van der Waals surface area contributed by atoms with E-state index in [9.17, 15) is 19.1 Å². The van der Waals surface area contributed by atoms with E-state index in [1.165, 1.54) is 30.2 Å². The van der Waals surface area contributed by atoms with E-state index < -0.39 is 23.5 Å². The summed E-state index contributed by atoms with van der Waals surface area (Å²) in [4.78, 5) is 27.8. The van der Waals surface area contributed by atoms with Crippen LogP contribution in [0.1, 0.15) is 28.3 Å². The highest BCUT2D eigenvalue weighted by atomic mass is 19.1. The summed E-state index contributed by atoms with van der Waals surface area (Å²) in [6, 6.07) is 17.8. The number of hydrogen-bond acceptors (Lipinski definition) is 5. The Labute approximate surface area is 203 Å². The van der Waals surface area contributed by atoms with Crippen LogP contribution in [-0.4, -0.2) is 42.5 Å². The number of likely N-dealkylation sites (tertiary alicyclic amines) is 1. The van der Waals surface area contributed by atoms with Gasteiger partial charge in [-0.3, -0.25) is 9.59 Å². The van der Waals surface area contributed by atoms with Crippen molar-refractivity contribution in [3.8, 4) is 11.5 Å². The van der Waals surface area contributed by atoms with Crippen molar-refractivity contribution in [3.63, 3.8) is 0 Å². The molecule has 1 aliphatic heterocycles. The van der Waals surface area contributed by atoms with E-state index >= 15 is 0 Å². The number of halogens is 1. The minimum atomic E-state index is -0.825. The Balaban J connectivity index is 1.77. The smallest absolute Gasteiger partial charge is 0.295 e. The van der Waals surface area contributed by atoms with Gasteiger partial charge >= 0.3 is 0 Å². The number of nitrogens with zero attached hydrogens (tertiary/aromatic N) is 1. The van der Waals surface area contributed by atoms with Crippen LogP contribution < -0.4 is 9.47 Å². The van der Waals surface area contributed by atoms with E-state index in [-0.39, 0.29) is 23.4 Å². The van der Waals surface area contributed by atoms with Crippen molar-refractivity contribution in [2.45, 2.75) is 19.4 Å². The van der Waals surface area contributed by atoms with E-state index in [2.05, 4.69) is 0 Å². The van der Waals surface area contributed by atoms with Gasteiger partial charge < -0.3 is 19.5 Å². The van der Waals surface area contributed by atoms with Crippen LogP contribution in [0, 0.1) is 12.7 Å². The molecule has 7 heteroatoms. The molecular weight excluding hydrogens is 449 g/mol. The Morgan fingerprint density at radius 2 is 1.69 bits per heavy atom. The molecule has 1 fully saturated rings. The minimum Gasteiger partial charge on any atom is -0.507 e. The van der Waals surface area contributed by atoms with Gasteiger partial charge in [-0.2, -0.15) is 0 Å². The molecule has 1 heterocycles. The summed E-state index contributed by atoms with van der Waals surface area (Å²) in [6.07, 6.45) is 0.493. The maximum atomic E-state index is 13.8. The lowest BCUT2D eigenvalue weighted by Gasteiger charge is -2.25. The van der Waals surface area contributed by atoms with E-state index in [4.69, 9.17) is 9.47 Å². The average molecular weight is 476 g/mol. The van der Waals surface area contributed by atoms with Crippen molar-refractivity contribution in [2.24, 2.45) is 0 Å². The van der Waals surface area contributed by atoms with Crippen LogP contribution in [0.15, 0.2) is 72.3 Å². The molecule has 0 bridgehead atoms. The van der Waals surface area contributed by atoms with Crippen molar-refractivity contribution >= 4 is 17.4 Å². The summed E-state index contributed by atoms with van der Waals surface area (Å²) in [5, 5.41) is 11.2. The van der Waals surface area contributed by atoms with Crippen molar-refractivity contribution in [3.05, 3.63) is 100 Å². The Kier molecular flexibility index (Phi) is 6.87. The molecule has 6 nitrogen and oxygen atoms in total. The third kappa shape index (κ3) is 4.75. The van der Waals surface area contributed by atoms with Crippen molar-refractivity contribution < 1.29 is 28.6 Å². The number of Topliss-reactive ketones (excluding diaryl/α,β-unsaturated/α-hetero) is 1. The summed E-state index contributed by atoms with van der Waals surface area (Å²) in [7, 11) is 3.12. The highest BCUT2D eigenvalue weighted by molar-refractivity contribution is 6.46. The molecule has 0 aromatic heterocycles. The minimum absolute atomic E-state index is 0.0380. The van der Waals surface area contributed by atoms with Gasteiger partial charge in [-0.25, -0.2) is 4.39 Å². The molecule has 1 atom stereocenters. The lowest BCUT2D eigenvalue weighted by atomic mass is 9.94. The Morgan fingerprint density at radius 1 is 0.971 bits per heavy atom.